The maximum Gasteiger partial charge on any atom is 0.257 e. The summed E-state index contributed by atoms with van der Waals surface area (Å²) in [5.74, 6) is 0.0464. The van der Waals surface area contributed by atoms with Crippen molar-refractivity contribution < 1.29 is 9.59 Å². The summed E-state index contributed by atoms with van der Waals surface area (Å²) in [6, 6.07) is 0. The highest BCUT2D eigenvalue weighted by Crippen LogP contribution is 2.27. The molecule has 3 heterocycles. The van der Waals surface area contributed by atoms with E-state index in [-0.39, 0.29) is 29.2 Å². The molecule has 1 aromatic heterocycles. The van der Waals surface area contributed by atoms with Crippen molar-refractivity contribution in [2.45, 2.75) is 31.5 Å². The lowest BCUT2D eigenvalue weighted by molar-refractivity contribution is -0.138. The van der Waals surface area contributed by atoms with Gasteiger partial charge in [0, 0.05) is 43.1 Å². The highest BCUT2D eigenvalue weighted by molar-refractivity contribution is 7.99. The van der Waals surface area contributed by atoms with Gasteiger partial charge in [-0.2, -0.15) is 0 Å². The Hall–Kier alpha value is -1.83. The lowest BCUT2D eigenvalue weighted by Crippen LogP contribution is -2.47. The van der Waals surface area contributed by atoms with Crippen molar-refractivity contribution in [3.8, 4) is 0 Å². The summed E-state index contributed by atoms with van der Waals surface area (Å²) in [7, 11) is 0. The van der Waals surface area contributed by atoms with Crippen LogP contribution >= 0.6 is 11.8 Å². The molecule has 0 radical (unpaired) electrons. The van der Waals surface area contributed by atoms with Gasteiger partial charge >= 0.3 is 0 Å². The van der Waals surface area contributed by atoms with Crippen molar-refractivity contribution in [1.82, 2.24) is 14.5 Å². The van der Waals surface area contributed by atoms with Gasteiger partial charge in [0.1, 0.15) is 0 Å². The van der Waals surface area contributed by atoms with E-state index in [0.717, 1.165) is 0 Å². The van der Waals surface area contributed by atoms with Crippen LogP contribution in [0.3, 0.4) is 0 Å². The van der Waals surface area contributed by atoms with Gasteiger partial charge in [0.25, 0.3) is 5.56 Å². The number of nitrogens with two attached hydrogens (primary N) is 1. The number of fused-ring (bicyclic) bond motifs is 1. The first-order valence-electron chi connectivity index (χ1n) is 7.74. The van der Waals surface area contributed by atoms with E-state index in [1.54, 1.807) is 22.6 Å². The molecule has 1 unspecified atom stereocenters. The van der Waals surface area contributed by atoms with Crippen molar-refractivity contribution in [1.29, 1.82) is 0 Å². The summed E-state index contributed by atoms with van der Waals surface area (Å²) in [6.45, 7) is 3.22. The second kappa shape index (κ2) is 6.35. The van der Waals surface area contributed by atoms with Gasteiger partial charge in [-0.05, 0) is 19.8 Å². The monoisotopic (exact) mass is 336 g/mol. The maximum absolute atomic E-state index is 12.7. The quantitative estimate of drug-likeness (QED) is 0.767. The second-order valence-electron chi connectivity index (χ2n) is 6.15. The molecule has 1 fully saturated rings. The predicted octanol–water partition coefficient (Wildman–Crippen LogP) is -0.00248. The molecule has 2 N–H and O–H groups in total. The number of primary amides is 1. The number of carbonyl (C=O) groups is 2. The van der Waals surface area contributed by atoms with Crippen LogP contribution in [0.15, 0.2) is 16.1 Å². The predicted molar refractivity (Wildman–Crippen MR) is 85.9 cm³/mol. The van der Waals surface area contributed by atoms with E-state index < -0.39 is 0 Å². The van der Waals surface area contributed by atoms with Crippen LogP contribution in [0.5, 0.6) is 0 Å². The Bertz CT molecular complexity index is 694. The van der Waals surface area contributed by atoms with Crippen LogP contribution in [0.2, 0.25) is 0 Å². The molecular formula is C15H20N4O3S. The molecule has 2 aliphatic rings. The first kappa shape index (κ1) is 16.0. The molecular weight excluding hydrogens is 316 g/mol. The van der Waals surface area contributed by atoms with Crippen molar-refractivity contribution in [2.24, 2.45) is 17.6 Å². The second-order valence-corrected chi connectivity index (χ2v) is 7.14. The highest BCUT2D eigenvalue weighted by Gasteiger charge is 2.33. The largest absolute Gasteiger partial charge is 0.369 e. The van der Waals surface area contributed by atoms with Gasteiger partial charge in [-0.3, -0.25) is 19.0 Å². The molecule has 7 nitrogen and oxygen atoms in total. The van der Waals surface area contributed by atoms with E-state index in [4.69, 9.17) is 5.73 Å². The number of carbonyl (C=O) groups excluding carboxylic acids is 2. The molecule has 0 aromatic carbocycles. The highest BCUT2D eigenvalue weighted by atomic mass is 32.2. The summed E-state index contributed by atoms with van der Waals surface area (Å²) in [6.07, 6.45) is 2.83. The van der Waals surface area contributed by atoms with E-state index >= 15 is 0 Å². The Morgan fingerprint density at radius 3 is 2.65 bits per heavy atom. The van der Waals surface area contributed by atoms with Crippen LogP contribution in [-0.2, 0) is 16.1 Å². The molecule has 124 valence electrons. The summed E-state index contributed by atoms with van der Waals surface area (Å²) < 4.78 is 1.60. The van der Waals surface area contributed by atoms with Crippen molar-refractivity contribution in [3.05, 3.63) is 22.1 Å². The van der Waals surface area contributed by atoms with E-state index in [2.05, 4.69) is 4.98 Å². The van der Waals surface area contributed by atoms with Gasteiger partial charge in [0.05, 0.1) is 5.92 Å². The number of hydrogen-bond donors (Lipinski definition) is 1. The fraction of sp³-hybridized carbons (Fsp3) is 0.600. The van der Waals surface area contributed by atoms with Crippen LogP contribution in [0.1, 0.15) is 18.4 Å². The maximum atomic E-state index is 12.7. The SMILES string of the molecule is Cc1cnc2n(c1=O)CC(C(=O)N1CCC(C(N)=O)CC1)CS2. The molecule has 0 bridgehead atoms. The minimum Gasteiger partial charge on any atom is -0.369 e. The first-order chi connectivity index (χ1) is 11.0. The zero-order valence-corrected chi connectivity index (χ0v) is 13.8. The van der Waals surface area contributed by atoms with Gasteiger partial charge in [-0.15, -0.1) is 0 Å². The molecule has 3 rings (SSSR count). The van der Waals surface area contributed by atoms with Crippen molar-refractivity contribution in [3.63, 3.8) is 0 Å². The zero-order valence-electron chi connectivity index (χ0n) is 13.0. The lowest BCUT2D eigenvalue weighted by atomic mass is 9.95. The Morgan fingerprint density at radius 2 is 2.00 bits per heavy atom. The van der Waals surface area contributed by atoms with Gasteiger partial charge in [-0.1, -0.05) is 11.8 Å². The van der Waals surface area contributed by atoms with Crippen LogP contribution in [0, 0.1) is 18.8 Å². The third-order valence-corrected chi connectivity index (χ3v) is 5.71. The number of nitrogens with zero attached hydrogens (tertiary/aromatic N) is 3. The minimum absolute atomic E-state index is 0.0551. The molecule has 23 heavy (non-hydrogen) atoms. The summed E-state index contributed by atoms with van der Waals surface area (Å²) >= 11 is 1.45. The molecule has 1 aromatic rings. The number of aromatic nitrogens is 2. The standard InChI is InChI=1S/C15H20N4O3S/c1-9-6-17-15-19(13(9)21)7-11(8-23-15)14(22)18-4-2-10(3-5-18)12(16)20/h6,10-11H,2-5,7-8H2,1H3,(H2,16,20). The number of piperidine rings is 1. The lowest BCUT2D eigenvalue weighted by Gasteiger charge is -2.34. The summed E-state index contributed by atoms with van der Waals surface area (Å²) in [5.41, 5.74) is 5.84. The molecule has 0 saturated carbocycles. The van der Waals surface area contributed by atoms with E-state index in [9.17, 15) is 14.4 Å². The van der Waals surface area contributed by atoms with Crippen molar-refractivity contribution >= 4 is 23.6 Å². The van der Waals surface area contributed by atoms with E-state index in [1.807, 2.05) is 0 Å². The van der Waals surface area contributed by atoms with Crippen LogP contribution < -0.4 is 11.3 Å². The number of hydrogen-bond acceptors (Lipinski definition) is 5. The first-order valence-corrected chi connectivity index (χ1v) is 8.73. The zero-order chi connectivity index (χ0) is 16.6. The fourth-order valence-electron chi connectivity index (χ4n) is 3.09. The Labute approximate surface area is 138 Å². The Morgan fingerprint density at radius 1 is 1.30 bits per heavy atom. The van der Waals surface area contributed by atoms with Crippen LogP contribution in [0.4, 0.5) is 0 Å². The minimum atomic E-state index is -0.285. The summed E-state index contributed by atoms with van der Waals surface area (Å²) in [5, 5.41) is 0.678. The van der Waals surface area contributed by atoms with E-state index in [1.165, 1.54) is 11.8 Å². The molecule has 0 aliphatic carbocycles. The number of likely N-dealkylation sites (tertiary alicyclic amines) is 1. The van der Waals surface area contributed by atoms with Gasteiger partial charge in [0.2, 0.25) is 11.8 Å². The summed E-state index contributed by atoms with van der Waals surface area (Å²) in [4.78, 5) is 42.2. The Kier molecular flexibility index (Phi) is 4.43. The Balaban J connectivity index is 1.69. The normalized spacial score (nSPS) is 21.8. The number of rotatable bonds is 2. The smallest absolute Gasteiger partial charge is 0.257 e. The van der Waals surface area contributed by atoms with Crippen LogP contribution in [-0.4, -0.2) is 45.1 Å². The molecule has 2 aliphatic heterocycles. The topological polar surface area (TPSA) is 98.3 Å². The van der Waals surface area contributed by atoms with Crippen LogP contribution in [0.25, 0.3) is 0 Å². The average Bonchev–Trinajstić information content (AvgIpc) is 2.57. The number of thioether (sulfide) groups is 1. The van der Waals surface area contributed by atoms with Gasteiger partial charge in [-0.25, -0.2) is 4.98 Å². The fourth-order valence-corrected chi connectivity index (χ4v) is 4.13. The molecule has 2 amide bonds. The van der Waals surface area contributed by atoms with Crippen molar-refractivity contribution in [2.75, 3.05) is 18.8 Å². The number of aryl methyl sites for hydroxylation is 1. The van der Waals surface area contributed by atoms with Gasteiger partial charge in [0.15, 0.2) is 5.16 Å². The molecule has 8 heteroatoms. The average molecular weight is 336 g/mol. The molecule has 1 atom stereocenters. The number of amides is 2. The molecule has 1 saturated heterocycles. The third kappa shape index (κ3) is 3.12. The van der Waals surface area contributed by atoms with Gasteiger partial charge < -0.3 is 10.6 Å². The van der Waals surface area contributed by atoms with E-state index in [0.29, 0.717) is 48.9 Å². The third-order valence-electron chi connectivity index (χ3n) is 4.56. The molecule has 0 spiro atoms.